The van der Waals surface area contributed by atoms with Crippen LogP contribution in [0.15, 0.2) is 60.7 Å². The Labute approximate surface area is 192 Å². The molecule has 3 aromatic rings. The maximum Gasteiger partial charge on any atom is 0.417 e. The summed E-state index contributed by atoms with van der Waals surface area (Å²) in [4.78, 5) is 12.7. The van der Waals surface area contributed by atoms with E-state index in [9.17, 15) is 18.0 Å². The monoisotopic (exact) mass is 483 g/mol. The van der Waals surface area contributed by atoms with Gasteiger partial charge in [-0.15, -0.1) is 0 Å². The van der Waals surface area contributed by atoms with Crippen molar-refractivity contribution in [2.45, 2.75) is 19.7 Å². The summed E-state index contributed by atoms with van der Waals surface area (Å²) in [6.45, 7) is 2.34. The summed E-state index contributed by atoms with van der Waals surface area (Å²) in [5, 5.41) is 2.59. The molecule has 1 amide bonds. The molecule has 4 nitrogen and oxygen atoms in total. The molecule has 9 heteroatoms. The average molecular weight is 484 g/mol. The van der Waals surface area contributed by atoms with Gasteiger partial charge in [-0.3, -0.25) is 4.79 Å². The van der Waals surface area contributed by atoms with Crippen LogP contribution >= 0.6 is 23.2 Å². The third kappa shape index (κ3) is 6.08. The number of alkyl halides is 3. The summed E-state index contributed by atoms with van der Waals surface area (Å²) < 4.78 is 50.6. The van der Waals surface area contributed by atoms with Crippen molar-refractivity contribution >= 4 is 34.8 Å². The van der Waals surface area contributed by atoms with Crippen molar-refractivity contribution in [1.82, 2.24) is 0 Å². The molecule has 0 aliphatic carbocycles. The predicted molar refractivity (Wildman–Crippen MR) is 118 cm³/mol. The minimum absolute atomic E-state index is 0.0282. The fourth-order valence-corrected chi connectivity index (χ4v) is 3.20. The zero-order valence-corrected chi connectivity index (χ0v) is 18.3. The summed E-state index contributed by atoms with van der Waals surface area (Å²) >= 11 is 11.5. The first-order chi connectivity index (χ1) is 15.2. The van der Waals surface area contributed by atoms with Gasteiger partial charge >= 0.3 is 6.18 Å². The Kier molecular flexibility index (Phi) is 7.53. The lowest BCUT2D eigenvalue weighted by Crippen LogP contribution is -2.14. The molecule has 0 saturated carbocycles. The second kappa shape index (κ2) is 10.1. The van der Waals surface area contributed by atoms with E-state index in [1.807, 2.05) is 6.92 Å². The highest BCUT2D eigenvalue weighted by Crippen LogP contribution is 2.36. The van der Waals surface area contributed by atoms with Gasteiger partial charge in [0.15, 0.2) is 0 Å². The molecule has 32 heavy (non-hydrogen) atoms. The van der Waals surface area contributed by atoms with Crippen molar-refractivity contribution in [1.29, 1.82) is 0 Å². The van der Waals surface area contributed by atoms with Gasteiger partial charge in [0.05, 0.1) is 17.2 Å². The van der Waals surface area contributed by atoms with Gasteiger partial charge in [-0.05, 0) is 67.6 Å². The molecule has 0 atom stereocenters. The van der Waals surface area contributed by atoms with Gasteiger partial charge in [0.1, 0.15) is 18.1 Å². The SMILES string of the molecule is CCOc1ccc(C(=O)Nc2ccc(Cl)c(C(F)(F)F)c2)cc1COc1ccc(Cl)cc1. The molecule has 1 N–H and O–H groups in total. The largest absolute Gasteiger partial charge is 0.493 e. The van der Waals surface area contributed by atoms with Crippen LogP contribution in [0.4, 0.5) is 18.9 Å². The first-order valence-corrected chi connectivity index (χ1v) is 10.2. The van der Waals surface area contributed by atoms with Crippen LogP contribution in [0.2, 0.25) is 10.0 Å². The fraction of sp³-hybridized carbons (Fsp3) is 0.174. The maximum atomic E-state index is 13.1. The van der Waals surface area contributed by atoms with E-state index < -0.39 is 22.7 Å². The quantitative estimate of drug-likeness (QED) is 0.385. The van der Waals surface area contributed by atoms with Crippen molar-refractivity contribution in [2.75, 3.05) is 11.9 Å². The van der Waals surface area contributed by atoms with Gasteiger partial charge in [-0.25, -0.2) is 0 Å². The van der Waals surface area contributed by atoms with Gasteiger partial charge in [-0.1, -0.05) is 23.2 Å². The Morgan fingerprint density at radius 2 is 1.69 bits per heavy atom. The first-order valence-electron chi connectivity index (χ1n) is 9.49. The van der Waals surface area contributed by atoms with Gasteiger partial charge in [0, 0.05) is 21.8 Å². The van der Waals surface area contributed by atoms with Crippen LogP contribution in [0, 0.1) is 0 Å². The zero-order valence-electron chi connectivity index (χ0n) is 16.8. The highest BCUT2D eigenvalue weighted by atomic mass is 35.5. The molecule has 3 aromatic carbocycles. The molecule has 3 rings (SSSR count). The molecule has 0 aromatic heterocycles. The summed E-state index contributed by atoms with van der Waals surface area (Å²) in [5.74, 6) is 0.521. The van der Waals surface area contributed by atoms with Crippen molar-refractivity contribution in [3.05, 3.63) is 87.4 Å². The second-order valence-electron chi connectivity index (χ2n) is 6.64. The summed E-state index contributed by atoms with van der Waals surface area (Å²) in [7, 11) is 0. The van der Waals surface area contributed by atoms with E-state index in [1.165, 1.54) is 12.1 Å². The highest BCUT2D eigenvalue weighted by Gasteiger charge is 2.33. The van der Waals surface area contributed by atoms with Crippen molar-refractivity contribution < 1.29 is 27.4 Å². The number of amides is 1. The number of hydrogen-bond acceptors (Lipinski definition) is 3. The van der Waals surface area contributed by atoms with Gasteiger partial charge in [-0.2, -0.15) is 13.2 Å². The predicted octanol–water partition coefficient (Wildman–Crippen LogP) is 7.24. The standard InChI is InChI=1S/C23H18Cl2F3NO3/c1-2-31-21-10-3-14(11-15(21)13-32-18-7-4-16(24)5-8-18)22(30)29-17-6-9-20(25)19(12-17)23(26,27)28/h3-12H,2,13H2,1H3,(H,29,30). The van der Waals surface area contributed by atoms with Crippen LogP contribution in [0.3, 0.4) is 0 Å². The highest BCUT2D eigenvalue weighted by molar-refractivity contribution is 6.31. The lowest BCUT2D eigenvalue weighted by atomic mass is 10.1. The average Bonchev–Trinajstić information content (AvgIpc) is 2.75. The maximum absolute atomic E-state index is 13.1. The number of carbonyl (C=O) groups is 1. The molecule has 0 unspecified atom stereocenters. The van der Waals surface area contributed by atoms with Gasteiger partial charge < -0.3 is 14.8 Å². The molecule has 0 radical (unpaired) electrons. The number of rotatable bonds is 7. The summed E-state index contributed by atoms with van der Waals surface area (Å²) in [6, 6.07) is 14.7. The van der Waals surface area contributed by atoms with Crippen LogP contribution in [-0.2, 0) is 12.8 Å². The molecule has 0 fully saturated rings. The van der Waals surface area contributed by atoms with E-state index in [0.717, 1.165) is 12.1 Å². The minimum atomic E-state index is -4.64. The van der Waals surface area contributed by atoms with Gasteiger partial charge in [0.25, 0.3) is 5.91 Å². The Balaban J connectivity index is 1.80. The molecular weight excluding hydrogens is 466 g/mol. The van der Waals surface area contributed by atoms with Crippen LogP contribution in [0.25, 0.3) is 0 Å². The Morgan fingerprint density at radius 3 is 2.34 bits per heavy atom. The number of benzene rings is 3. The zero-order chi connectivity index (χ0) is 23.3. The molecule has 0 saturated heterocycles. The molecule has 0 bridgehead atoms. The van der Waals surface area contributed by atoms with E-state index in [-0.39, 0.29) is 17.9 Å². The van der Waals surface area contributed by atoms with Crippen LogP contribution in [0.5, 0.6) is 11.5 Å². The van der Waals surface area contributed by atoms with Gasteiger partial charge in [0.2, 0.25) is 0 Å². The number of hydrogen-bond donors (Lipinski definition) is 1. The Bertz CT molecular complexity index is 1100. The molecule has 0 heterocycles. The van der Waals surface area contributed by atoms with Crippen LogP contribution < -0.4 is 14.8 Å². The lowest BCUT2D eigenvalue weighted by molar-refractivity contribution is -0.137. The number of ether oxygens (including phenoxy) is 2. The summed E-state index contributed by atoms with van der Waals surface area (Å²) in [5.41, 5.74) is -0.228. The number of carbonyl (C=O) groups excluding carboxylic acids is 1. The molecule has 168 valence electrons. The van der Waals surface area contributed by atoms with Crippen LogP contribution in [-0.4, -0.2) is 12.5 Å². The lowest BCUT2D eigenvalue weighted by Gasteiger charge is -2.14. The normalized spacial score (nSPS) is 11.2. The second-order valence-corrected chi connectivity index (χ2v) is 7.49. The molecule has 0 aliphatic heterocycles. The number of anilines is 1. The van der Waals surface area contributed by atoms with E-state index in [2.05, 4.69) is 5.32 Å². The van der Waals surface area contributed by atoms with Crippen LogP contribution in [0.1, 0.15) is 28.4 Å². The van der Waals surface area contributed by atoms with E-state index in [0.29, 0.717) is 28.7 Å². The fourth-order valence-electron chi connectivity index (χ4n) is 2.85. The van der Waals surface area contributed by atoms with Crippen molar-refractivity contribution in [3.8, 4) is 11.5 Å². The smallest absolute Gasteiger partial charge is 0.417 e. The Morgan fingerprint density at radius 1 is 0.969 bits per heavy atom. The minimum Gasteiger partial charge on any atom is -0.493 e. The molecule has 0 spiro atoms. The third-order valence-corrected chi connectivity index (χ3v) is 4.94. The molecular formula is C23H18Cl2F3NO3. The van der Waals surface area contributed by atoms with Crippen molar-refractivity contribution in [2.24, 2.45) is 0 Å². The van der Waals surface area contributed by atoms with Crippen molar-refractivity contribution in [3.63, 3.8) is 0 Å². The van der Waals surface area contributed by atoms with E-state index in [4.69, 9.17) is 32.7 Å². The Hall–Kier alpha value is -2.90. The number of halogens is 5. The first kappa shape index (κ1) is 23.8. The molecule has 0 aliphatic rings. The topological polar surface area (TPSA) is 47.6 Å². The van der Waals surface area contributed by atoms with E-state index in [1.54, 1.807) is 36.4 Å². The summed E-state index contributed by atoms with van der Waals surface area (Å²) in [6.07, 6.45) is -4.64. The third-order valence-electron chi connectivity index (χ3n) is 4.36. The van der Waals surface area contributed by atoms with E-state index >= 15 is 0 Å². The number of nitrogens with one attached hydrogen (secondary N) is 1.